The highest BCUT2D eigenvalue weighted by Gasteiger charge is 2.10. The van der Waals surface area contributed by atoms with Gasteiger partial charge in [0.05, 0.1) is 6.61 Å². The molecule has 0 aliphatic rings. The van der Waals surface area contributed by atoms with E-state index in [4.69, 9.17) is 4.74 Å². The molecule has 0 fully saturated rings. The molecule has 2 nitrogen and oxygen atoms in total. The fourth-order valence-electron chi connectivity index (χ4n) is 1.93. The van der Waals surface area contributed by atoms with Gasteiger partial charge in [0.2, 0.25) is 0 Å². The second kappa shape index (κ2) is 10.2. The van der Waals surface area contributed by atoms with Crippen LogP contribution in [0.3, 0.4) is 0 Å². The van der Waals surface area contributed by atoms with Gasteiger partial charge >= 0.3 is 0 Å². The SMILES string of the molecule is CCCCSCC(NCC)c1ccc(OCC)cc1. The molecular formula is C16H27NOS. The summed E-state index contributed by atoms with van der Waals surface area (Å²) in [6.07, 6.45) is 2.59. The molecule has 0 bridgehead atoms. The third-order valence-corrected chi connectivity index (χ3v) is 4.12. The van der Waals surface area contributed by atoms with Crippen LogP contribution in [0, 0.1) is 0 Å². The number of nitrogens with one attached hydrogen (secondary N) is 1. The van der Waals surface area contributed by atoms with Crippen molar-refractivity contribution in [2.75, 3.05) is 24.7 Å². The van der Waals surface area contributed by atoms with Gasteiger partial charge < -0.3 is 10.1 Å². The molecule has 0 aliphatic heterocycles. The second-order valence-electron chi connectivity index (χ2n) is 4.54. The van der Waals surface area contributed by atoms with Gasteiger partial charge in [-0.3, -0.25) is 0 Å². The van der Waals surface area contributed by atoms with Crippen LogP contribution in [0.4, 0.5) is 0 Å². The molecule has 0 saturated heterocycles. The molecule has 0 spiro atoms. The van der Waals surface area contributed by atoms with Crippen LogP contribution < -0.4 is 10.1 Å². The highest BCUT2D eigenvalue weighted by atomic mass is 32.2. The number of benzene rings is 1. The monoisotopic (exact) mass is 281 g/mol. The lowest BCUT2D eigenvalue weighted by atomic mass is 10.1. The molecule has 1 rings (SSSR count). The van der Waals surface area contributed by atoms with Gasteiger partial charge in [-0.25, -0.2) is 0 Å². The molecule has 0 aromatic heterocycles. The molecule has 1 aromatic rings. The van der Waals surface area contributed by atoms with Crippen molar-refractivity contribution in [2.24, 2.45) is 0 Å². The minimum Gasteiger partial charge on any atom is -0.494 e. The second-order valence-corrected chi connectivity index (χ2v) is 5.69. The van der Waals surface area contributed by atoms with E-state index in [0.29, 0.717) is 6.04 Å². The van der Waals surface area contributed by atoms with Gasteiger partial charge in [0.25, 0.3) is 0 Å². The number of rotatable bonds is 10. The molecule has 0 aliphatic carbocycles. The zero-order chi connectivity index (χ0) is 13.9. The summed E-state index contributed by atoms with van der Waals surface area (Å²) in [5.41, 5.74) is 1.36. The van der Waals surface area contributed by atoms with E-state index in [-0.39, 0.29) is 0 Å². The molecule has 0 heterocycles. The van der Waals surface area contributed by atoms with Crippen LogP contribution in [0.1, 0.15) is 45.2 Å². The van der Waals surface area contributed by atoms with Gasteiger partial charge in [-0.05, 0) is 43.3 Å². The van der Waals surface area contributed by atoms with E-state index < -0.39 is 0 Å². The first-order valence-electron chi connectivity index (χ1n) is 7.35. The molecule has 0 saturated carbocycles. The normalized spacial score (nSPS) is 12.4. The molecule has 1 aromatic carbocycles. The van der Waals surface area contributed by atoms with E-state index in [2.05, 4.69) is 43.4 Å². The third kappa shape index (κ3) is 6.35. The van der Waals surface area contributed by atoms with Crippen molar-refractivity contribution in [3.8, 4) is 5.75 Å². The molecule has 1 atom stereocenters. The van der Waals surface area contributed by atoms with Crippen LogP contribution in [0.2, 0.25) is 0 Å². The topological polar surface area (TPSA) is 21.3 Å². The molecule has 19 heavy (non-hydrogen) atoms. The number of ether oxygens (including phenoxy) is 1. The maximum absolute atomic E-state index is 5.49. The third-order valence-electron chi connectivity index (χ3n) is 2.97. The van der Waals surface area contributed by atoms with Gasteiger partial charge in [-0.15, -0.1) is 0 Å². The fourth-order valence-corrected chi connectivity index (χ4v) is 3.14. The van der Waals surface area contributed by atoms with Crippen molar-refractivity contribution in [1.82, 2.24) is 5.32 Å². The van der Waals surface area contributed by atoms with Crippen molar-refractivity contribution in [3.63, 3.8) is 0 Å². The summed E-state index contributed by atoms with van der Waals surface area (Å²) in [6, 6.07) is 8.94. The standard InChI is InChI=1S/C16H27NOS/c1-4-7-12-19-13-16(17-5-2)14-8-10-15(11-9-14)18-6-3/h8-11,16-17H,4-7,12-13H2,1-3H3. The van der Waals surface area contributed by atoms with Gasteiger partial charge in [0, 0.05) is 11.8 Å². The van der Waals surface area contributed by atoms with Crippen molar-refractivity contribution >= 4 is 11.8 Å². The summed E-state index contributed by atoms with van der Waals surface area (Å²) in [5.74, 6) is 3.36. The fraction of sp³-hybridized carbons (Fsp3) is 0.625. The van der Waals surface area contributed by atoms with Crippen LogP contribution in [-0.2, 0) is 0 Å². The van der Waals surface area contributed by atoms with E-state index in [9.17, 15) is 0 Å². The van der Waals surface area contributed by atoms with Crippen molar-refractivity contribution in [1.29, 1.82) is 0 Å². The largest absolute Gasteiger partial charge is 0.494 e. The summed E-state index contributed by atoms with van der Waals surface area (Å²) >= 11 is 2.04. The Labute approximate surface area is 122 Å². The summed E-state index contributed by atoms with van der Waals surface area (Å²) in [4.78, 5) is 0. The van der Waals surface area contributed by atoms with E-state index >= 15 is 0 Å². The van der Waals surface area contributed by atoms with Gasteiger partial charge in [0.15, 0.2) is 0 Å². The molecule has 1 unspecified atom stereocenters. The maximum Gasteiger partial charge on any atom is 0.119 e. The number of hydrogen-bond donors (Lipinski definition) is 1. The molecule has 0 amide bonds. The van der Waals surface area contributed by atoms with Crippen LogP contribution in [-0.4, -0.2) is 24.7 Å². The Morgan fingerprint density at radius 3 is 2.47 bits per heavy atom. The van der Waals surface area contributed by atoms with Crippen LogP contribution in [0.5, 0.6) is 5.75 Å². The minimum absolute atomic E-state index is 0.447. The number of unbranched alkanes of at least 4 members (excludes halogenated alkanes) is 1. The lowest BCUT2D eigenvalue weighted by Crippen LogP contribution is -2.23. The lowest BCUT2D eigenvalue weighted by Gasteiger charge is -2.18. The summed E-state index contributed by atoms with van der Waals surface area (Å²) < 4.78 is 5.49. The Kier molecular flexibility index (Phi) is 8.76. The van der Waals surface area contributed by atoms with E-state index in [1.807, 2.05) is 18.7 Å². The van der Waals surface area contributed by atoms with Crippen molar-refractivity contribution < 1.29 is 4.74 Å². The van der Waals surface area contributed by atoms with E-state index in [1.54, 1.807) is 0 Å². The summed E-state index contributed by atoms with van der Waals surface area (Å²) in [6.45, 7) is 8.15. The Hall–Kier alpha value is -0.670. The van der Waals surface area contributed by atoms with Gasteiger partial charge in [-0.1, -0.05) is 32.4 Å². The first kappa shape index (κ1) is 16.4. The van der Waals surface area contributed by atoms with Crippen molar-refractivity contribution in [3.05, 3.63) is 29.8 Å². The molecule has 108 valence electrons. The summed E-state index contributed by atoms with van der Waals surface area (Å²) in [7, 11) is 0. The Morgan fingerprint density at radius 2 is 1.89 bits per heavy atom. The first-order chi connectivity index (χ1) is 9.31. The smallest absolute Gasteiger partial charge is 0.119 e. The zero-order valence-corrected chi connectivity index (χ0v) is 13.3. The number of hydrogen-bond acceptors (Lipinski definition) is 3. The first-order valence-corrected chi connectivity index (χ1v) is 8.51. The number of thioether (sulfide) groups is 1. The predicted octanol–water partition coefficient (Wildman–Crippen LogP) is 4.27. The van der Waals surface area contributed by atoms with E-state index in [0.717, 1.165) is 24.7 Å². The molecule has 3 heteroatoms. The van der Waals surface area contributed by atoms with Crippen LogP contribution in [0.15, 0.2) is 24.3 Å². The highest BCUT2D eigenvalue weighted by molar-refractivity contribution is 7.99. The Bertz CT molecular complexity index is 326. The molecule has 0 radical (unpaired) electrons. The quantitative estimate of drug-likeness (QED) is 0.647. The maximum atomic E-state index is 5.49. The lowest BCUT2D eigenvalue weighted by molar-refractivity contribution is 0.340. The predicted molar refractivity (Wildman–Crippen MR) is 86.3 cm³/mol. The van der Waals surface area contributed by atoms with E-state index in [1.165, 1.54) is 24.2 Å². The average molecular weight is 281 g/mol. The average Bonchev–Trinajstić information content (AvgIpc) is 2.44. The van der Waals surface area contributed by atoms with Gasteiger partial charge in [-0.2, -0.15) is 11.8 Å². The Balaban J connectivity index is 2.53. The van der Waals surface area contributed by atoms with Crippen LogP contribution >= 0.6 is 11.8 Å². The zero-order valence-electron chi connectivity index (χ0n) is 12.4. The van der Waals surface area contributed by atoms with Gasteiger partial charge in [0.1, 0.15) is 5.75 Å². The Morgan fingerprint density at radius 1 is 1.16 bits per heavy atom. The summed E-state index contributed by atoms with van der Waals surface area (Å²) in [5, 5.41) is 3.57. The van der Waals surface area contributed by atoms with Crippen LogP contribution in [0.25, 0.3) is 0 Å². The molecule has 1 N–H and O–H groups in total. The minimum atomic E-state index is 0.447. The highest BCUT2D eigenvalue weighted by Crippen LogP contribution is 2.22. The molecular weight excluding hydrogens is 254 g/mol. The van der Waals surface area contributed by atoms with Crippen molar-refractivity contribution in [2.45, 2.75) is 39.7 Å².